The maximum atomic E-state index is 13.4. The Balaban J connectivity index is 1.73. The van der Waals surface area contributed by atoms with Gasteiger partial charge in [0.1, 0.15) is 18.2 Å². The summed E-state index contributed by atoms with van der Waals surface area (Å²) < 4.78 is 24.3. The number of thiophene rings is 1. The second-order valence-corrected chi connectivity index (χ2v) is 9.68. The zero-order valence-electron chi connectivity index (χ0n) is 19.6. The molecule has 2 amide bonds. The van der Waals surface area contributed by atoms with Gasteiger partial charge in [-0.3, -0.25) is 9.59 Å². The number of hydrogen-bond donors (Lipinski definition) is 0. The van der Waals surface area contributed by atoms with Crippen molar-refractivity contribution in [3.05, 3.63) is 52.0 Å². The van der Waals surface area contributed by atoms with Gasteiger partial charge in [0.2, 0.25) is 11.8 Å². The highest BCUT2D eigenvalue weighted by molar-refractivity contribution is 7.10. The molecule has 6 nitrogen and oxygen atoms in total. The van der Waals surface area contributed by atoms with Crippen molar-refractivity contribution in [2.24, 2.45) is 5.92 Å². The summed E-state index contributed by atoms with van der Waals surface area (Å²) in [6.07, 6.45) is 1.88. The average Bonchev–Trinajstić information content (AvgIpc) is 3.26. The molecule has 0 fully saturated rings. The van der Waals surface area contributed by atoms with E-state index in [-0.39, 0.29) is 42.7 Å². The van der Waals surface area contributed by atoms with Gasteiger partial charge < -0.3 is 19.3 Å². The van der Waals surface area contributed by atoms with Crippen LogP contribution in [0.3, 0.4) is 0 Å². The summed E-state index contributed by atoms with van der Waals surface area (Å²) in [6, 6.07) is 7.67. The second kappa shape index (κ2) is 12.1. The van der Waals surface area contributed by atoms with Gasteiger partial charge in [-0.05, 0) is 60.0 Å². The van der Waals surface area contributed by atoms with E-state index in [1.54, 1.807) is 35.5 Å². The molecule has 180 valence electrons. The predicted molar refractivity (Wildman–Crippen MR) is 127 cm³/mol. The Bertz CT molecular complexity index is 915. The van der Waals surface area contributed by atoms with Crippen molar-refractivity contribution in [3.8, 4) is 5.75 Å². The number of halogens is 1. The molecule has 0 saturated heterocycles. The molecule has 1 aliphatic rings. The molecule has 0 bridgehead atoms. The summed E-state index contributed by atoms with van der Waals surface area (Å²) in [5.74, 6) is 0.352. The van der Waals surface area contributed by atoms with E-state index in [9.17, 15) is 14.0 Å². The topological polar surface area (TPSA) is 59.1 Å². The number of carbonyl (C=O) groups excluding carboxylic acids is 2. The molecule has 1 aromatic carbocycles. The lowest BCUT2D eigenvalue weighted by Crippen LogP contribution is -2.48. The molecule has 3 rings (SSSR count). The molecule has 1 atom stereocenters. The minimum atomic E-state index is -0.323. The molecule has 1 aliphatic heterocycles. The SMILES string of the molecule is COCCCN(CC(=O)N1CCc2sccc2[C@@H]1COc1ccc(F)cc1)C(=O)CC(C)C. The number of rotatable bonds is 11. The third-order valence-electron chi connectivity index (χ3n) is 5.67. The molecule has 0 aliphatic carbocycles. The highest BCUT2D eigenvalue weighted by atomic mass is 32.1. The summed E-state index contributed by atoms with van der Waals surface area (Å²) in [7, 11) is 1.63. The number of hydrogen-bond acceptors (Lipinski definition) is 5. The maximum absolute atomic E-state index is 13.4. The summed E-state index contributed by atoms with van der Waals surface area (Å²) in [6.45, 7) is 5.91. The van der Waals surface area contributed by atoms with E-state index in [1.165, 1.54) is 17.0 Å². The summed E-state index contributed by atoms with van der Waals surface area (Å²) >= 11 is 1.68. The quantitative estimate of drug-likeness (QED) is 0.454. The lowest BCUT2D eigenvalue weighted by molar-refractivity contribution is -0.143. The van der Waals surface area contributed by atoms with Crippen LogP contribution < -0.4 is 4.74 Å². The first-order valence-corrected chi connectivity index (χ1v) is 12.3. The molecule has 1 aromatic heterocycles. The van der Waals surface area contributed by atoms with E-state index in [4.69, 9.17) is 9.47 Å². The molecule has 0 unspecified atom stereocenters. The van der Waals surface area contributed by atoms with E-state index in [0.29, 0.717) is 38.3 Å². The van der Waals surface area contributed by atoms with Crippen LogP contribution >= 0.6 is 11.3 Å². The Morgan fingerprint density at radius 2 is 2.00 bits per heavy atom. The molecule has 8 heteroatoms. The number of ether oxygens (including phenoxy) is 2. The molecule has 0 radical (unpaired) electrons. The molecule has 33 heavy (non-hydrogen) atoms. The van der Waals surface area contributed by atoms with Gasteiger partial charge in [-0.1, -0.05) is 13.8 Å². The van der Waals surface area contributed by atoms with E-state index in [2.05, 4.69) is 0 Å². The van der Waals surface area contributed by atoms with Gasteiger partial charge in [0.05, 0.1) is 12.6 Å². The Labute approximate surface area is 199 Å². The average molecular weight is 477 g/mol. The highest BCUT2D eigenvalue weighted by Crippen LogP contribution is 2.34. The van der Waals surface area contributed by atoms with Crippen molar-refractivity contribution in [1.29, 1.82) is 0 Å². The minimum Gasteiger partial charge on any atom is -0.491 e. The van der Waals surface area contributed by atoms with Crippen LogP contribution in [-0.2, 0) is 20.7 Å². The summed E-state index contributed by atoms with van der Waals surface area (Å²) in [5, 5.41) is 2.03. The Morgan fingerprint density at radius 3 is 2.70 bits per heavy atom. The third kappa shape index (κ3) is 7.01. The number of benzene rings is 1. The van der Waals surface area contributed by atoms with Crippen LogP contribution in [0.5, 0.6) is 5.75 Å². The van der Waals surface area contributed by atoms with Crippen LogP contribution in [0.2, 0.25) is 0 Å². The van der Waals surface area contributed by atoms with E-state index in [0.717, 1.165) is 12.0 Å². The molecule has 2 heterocycles. The van der Waals surface area contributed by atoms with Crippen LogP contribution in [0, 0.1) is 11.7 Å². The first kappa shape index (κ1) is 25.2. The summed E-state index contributed by atoms with van der Waals surface area (Å²) in [4.78, 5) is 31.0. The van der Waals surface area contributed by atoms with Crippen LogP contribution in [0.1, 0.15) is 43.2 Å². The number of methoxy groups -OCH3 is 1. The number of amides is 2. The van der Waals surface area contributed by atoms with Gasteiger partial charge in [-0.25, -0.2) is 4.39 Å². The van der Waals surface area contributed by atoms with Crippen molar-refractivity contribution in [2.75, 3.05) is 40.0 Å². The van der Waals surface area contributed by atoms with Gasteiger partial charge in [0, 0.05) is 38.1 Å². The van der Waals surface area contributed by atoms with Gasteiger partial charge in [-0.2, -0.15) is 0 Å². The number of fused-ring (bicyclic) bond motifs is 1. The first-order chi connectivity index (χ1) is 15.9. The zero-order chi connectivity index (χ0) is 23.8. The zero-order valence-corrected chi connectivity index (χ0v) is 20.4. The first-order valence-electron chi connectivity index (χ1n) is 11.4. The monoisotopic (exact) mass is 476 g/mol. The normalized spacial score (nSPS) is 15.4. The van der Waals surface area contributed by atoms with Gasteiger partial charge in [-0.15, -0.1) is 11.3 Å². The lowest BCUT2D eigenvalue weighted by atomic mass is 10.00. The molecule has 0 saturated carbocycles. The Hall–Kier alpha value is -2.45. The molecule has 2 aromatic rings. The molecule has 0 N–H and O–H groups in total. The van der Waals surface area contributed by atoms with Crippen molar-refractivity contribution in [2.45, 2.75) is 39.2 Å². The fourth-order valence-corrected chi connectivity index (χ4v) is 4.93. The van der Waals surface area contributed by atoms with E-state index >= 15 is 0 Å². The Kier molecular flexibility index (Phi) is 9.26. The van der Waals surface area contributed by atoms with Crippen molar-refractivity contribution >= 4 is 23.2 Å². The van der Waals surface area contributed by atoms with Gasteiger partial charge in [0.25, 0.3) is 0 Å². The summed E-state index contributed by atoms with van der Waals surface area (Å²) in [5.41, 5.74) is 1.08. The van der Waals surface area contributed by atoms with Crippen LogP contribution in [0.15, 0.2) is 35.7 Å². The minimum absolute atomic E-state index is 0.0122. The Morgan fingerprint density at radius 1 is 1.24 bits per heavy atom. The third-order valence-corrected chi connectivity index (χ3v) is 6.67. The highest BCUT2D eigenvalue weighted by Gasteiger charge is 2.33. The molecule has 0 spiro atoms. The van der Waals surface area contributed by atoms with Gasteiger partial charge in [0.15, 0.2) is 0 Å². The van der Waals surface area contributed by atoms with Crippen LogP contribution in [0.4, 0.5) is 4.39 Å². The van der Waals surface area contributed by atoms with Gasteiger partial charge >= 0.3 is 0 Å². The number of nitrogens with zero attached hydrogens (tertiary/aromatic N) is 2. The maximum Gasteiger partial charge on any atom is 0.242 e. The van der Waals surface area contributed by atoms with Crippen LogP contribution in [-0.4, -0.2) is 61.6 Å². The fraction of sp³-hybridized carbons (Fsp3) is 0.520. The standard InChI is InChI=1S/C25H33FN2O4S/c1-18(2)15-24(29)27(11-4-13-31-3)16-25(30)28-12-9-23-21(10-14-33-23)22(28)17-32-20-7-5-19(26)6-8-20/h5-8,10,14,18,22H,4,9,11-13,15-17H2,1-3H3/t22-/m0/s1. The molecular weight excluding hydrogens is 443 g/mol. The van der Waals surface area contributed by atoms with E-state index in [1.807, 2.05) is 30.2 Å². The largest absolute Gasteiger partial charge is 0.491 e. The second-order valence-electron chi connectivity index (χ2n) is 8.68. The van der Waals surface area contributed by atoms with Crippen molar-refractivity contribution < 1.29 is 23.5 Å². The van der Waals surface area contributed by atoms with E-state index < -0.39 is 0 Å². The van der Waals surface area contributed by atoms with Crippen LogP contribution in [0.25, 0.3) is 0 Å². The number of carbonyl (C=O) groups is 2. The smallest absolute Gasteiger partial charge is 0.242 e. The predicted octanol–water partition coefficient (Wildman–Crippen LogP) is 4.30. The van der Waals surface area contributed by atoms with Crippen molar-refractivity contribution in [3.63, 3.8) is 0 Å². The fourth-order valence-electron chi connectivity index (χ4n) is 4.00. The lowest BCUT2D eigenvalue weighted by Gasteiger charge is -2.37. The molecular formula is C25H33FN2O4S. The van der Waals surface area contributed by atoms with Crippen molar-refractivity contribution in [1.82, 2.24) is 9.80 Å².